The number of likely N-dealkylation sites (tertiary alicyclic amines) is 1. The van der Waals surface area contributed by atoms with Gasteiger partial charge in [-0.05, 0) is 57.9 Å². The molecule has 0 saturated carbocycles. The molecule has 0 spiro atoms. The molecule has 0 aliphatic carbocycles. The van der Waals surface area contributed by atoms with Gasteiger partial charge in [-0.15, -0.1) is 0 Å². The second-order valence-corrected chi connectivity index (χ2v) is 7.56. The summed E-state index contributed by atoms with van der Waals surface area (Å²) in [6.07, 6.45) is 1.39. The van der Waals surface area contributed by atoms with Gasteiger partial charge in [0.05, 0.1) is 16.8 Å². The normalized spacial score (nSPS) is 15.0. The van der Waals surface area contributed by atoms with E-state index in [0.717, 1.165) is 11.4 Å². The molecule has 1 aromatic heterocycles. The number of amides is 2. The first kappa shape index (κ1) is 20.0. The standard InChI is InChI=1S/C22H26FN3O2/c1-14(2)24-21(27)18-9-8-15(3)25-20(18)16-10-12-26(13-11-16)22(28)17-6-4-5-7-19(17)23/h4-9,14,16H,10-13H2,1-3H3,(H,24,27). The smallest absolute Gasteiger partial charge is 0.256 e. The van der Waals surface area contributed by atoms with Crippen LogP contribution in [0.1, 0.15) is 64.7 Å². The molecule has 0 atom stereocenters. The van der Waals surface area contributed by atoms with E-state index < -0.39 is 5.82 Å². The molecule has 1 fully saturated rings. The van der Waals surface area contributed by atoms with Gasteiger partial charge >= 0.3 is 0 Å². The fourth-order valence-corrected chi connectivity index (χ4v) is 3.58. The largest absolute Gasteiger partial charge is 0.350 e. The van der Waals surface area contributed by atoms with Gasteiger partial charge in [-0.25, -0.2) is 4.39 Å². The van der Waals surface area contributed by atoms with Crippen LogP contribution in [0, 0.1) is 12.7 Å². The van der Waals surface area contributed by atoms with Gasteiger partial charge in [0.2, 0.25) is 0 Å². The van der Waals surface area contributed by atoms with Crippen LogP contribution in [-0.2, 0) is 0 Å². The third-order valence-corrected chi connectivity index (χ3v) is 5.00. The Labute approximate surface area is 165 Å². The molecular formula is C22H26FN3O2. The minimum absolute atomic E-state index is 0.0434. The Hall–Kier alpha value is -2.76. The van der Waals surface area contributed by atoms with Gasteiger partial charge in [-0.3, -0.25) is 14.6 Å². The Bertz CT molecular complexity index is 874. The van der Waals surface area contributed by atoms with Gasteiger partial charge in [0.15, 0.2) is 0 Å². The second-order valence-electron chi connectivity index (χ2n) is 7.56. The van der Waals surface area contributed by atoms with Crippen molar-refractivity contribution >= 4 is 11.8 Å². The van der Waals surface area contributed by atoms with Crippen molar-refractivity contribution < 1.29 is 14.0 Å². The quantitative estimate of drug-likeness (QED) is 0.876. The number of hydrogen-bond acceptors (Lipinski definition) is 3. The van der Waals surface area contributed by atoms with Crippen molar-refractivity contribution in [3.05, 3.63) is 64.7 Å². The van der Waals surface area contributed by atoms with E-state index in [9.17, 15) is 14.0 Å². The highest BCUT2D eigenvalue weighted by Crippen LogP contribution is 2.30. The number of benzene rings is 1. The van der Waals surface area contributed by atoms with Crippen molar-refractivity contribution in [3.8, 4) is 0 Å². The SMILES string of the molecule is Cc1ccc(C(=O)NC(C)C)c(C2CCN(C(=O)c3ccccc3F)CC2)n1. The van der Waals surface area contributed by atoms with Crippen LogP contribution in [0.2, 0.25) is 0 Å². The number of carbonyl (C=O) groups excluding carboxylic acids is 2. The topological polar surface area (TPSA) is 62.3 Å². The van der Waals surface area contributed by atoms with Crippen molar-refractivity contribution in [1.29, 1.82) is 0 Å². The van der Waals surface area contributed by atoms with Crippen molar-refractivity contribution in [2.24, 2.45) is 0 Å². The molecule has 0 bridgehead atoms. The number of piperidine rings is 1. The van der Waals surface area contributed by atoms with E-state index in [2.05, 4.69) is 10.3 Å². The number of hydrogen-bond donors (Lipinski definition) is 1. The maximum atomic E-state index is 13.9. The summed E-state index contributed by atoms with van der Waals surface area (Å²) in [4.78, 5) is 31.5. The van der Waals surface area contributed by atoms with Crippen LogP contribution in [0.4, 0.5) is 4.39 Å². The minimum atomic E-state index is -0.498. The number of carbonyl (C=O) groups is 2. The zero-order valence-electron chi connectivity index (χ0n) is 16.5. The molecule has 1 aliphatic heterocycles. The number of halogens is 1. The maximum absolute atomic E-state index is 13.9. The van der Waals surface area contributed by atoms with Crippen LogP contribution in [0.15, 0.2) is 36.4 Å². The fraction of sp³-hybridized carbons (Fsp3) is 0.409. The predicted octanol–water partition coefficient (Wildman–Crippen LogP) is 3.69. The van der Waals surface area contributed by atoms with Gasteiger partial charge in [0.25, 0.3) is 11.8 Å². The number of pyridine rings is 1. The molecule has 2 aromatic rings. The monoisotopic (exact) mass is 383 g/mol. The molecule has 0 radical (unpaired) electrons. The summed E-state index contributed by atoms with van der Waals surface area (Å²) in [5.74, 6) is -0.811. The summed E-state index contributed by atoms with van der Waals surface area (Å²) >= 11 is 0. The predicted molar refractivity (Wildman–Crippen MR) is 106 cm³/mol. The highest BCUT2D eigenvalue weighted by molar-refractivity contribution is 5.96. The summed E-state index contributed by atoms with van der Waals surface area (Å²) in [5.41, 5.74) is 2.35. The third-order valence-electron chi connectivity index (χ3n) is 5.00. The third kappa shape index (κ3) is 4.38. The molecule has 2 heterocycles. The first-order valence-electron chi connectivity index (χ1n) is 9.69. The first-order valence-corrected chi connectivity index (χ1v) is 9.69. The summed E-state index contributed by atoms with van der Waals surface area (Å²) in [5, 5.41) is 2.93. The minimum Gasteiger partial charge on any atom is -0.350 e. The van der Waals surface area contributed by atoms with Crippen LogP contribution < -0.4 is 5.32 Å². The van der Waals surface area contributed by atoms with Gasteiger partial charge in [-0.1, -0.05) is 12.1 Å². The molecule has 2 amide bonds. The molecule has 1 aliphatic rings. The Morgan fingerprint density at radius 3 is 2.43 bits per heavy atom. The number of nitrogens with zero attached hydrogens (tertiary/aromatic N) is 2. The van der Waals surface area contributed by atoms with E-state index >= 15 is 0 Å². The zero-order valence-corrected chi connectivity index (χ0v) is 16.5. The molecule has 1 saturated heterocycles. The lowest BCUT2D eigenvalue weighted by Gasteiger charge is -2.32. The van der Waals surface area contributed by atoms with E-state index in [4.69, 9.17) is 0 Å². The molecule has 1 N–H and O–H groups in total. The number of nitrogens with one attached hydrogen (secondary N) is 1. The molecule has 5 nitrogen and oxygen atoms in total. The van der Waals surface area contributed by atoms with Crippen LogP contribution in [0.5, 0.6) is 0 Å². The van der Waals surface area contributed by atoms with E-state index in [1.165, 1.54) is 12.1 Å². The van der Waals surface area contributed by atoms with Gasteiger partial charge < -0.3 is 10.2 Å². The molecule has 28 heavy (non-hydrogen) atoms. The fourth-order valence-electron chi connectivity index (χ4n) is 3.58. The first-order chi connectivity index (χ1) is 13.4. The van der Waals surface area contributed by atoms with E-state index in [1.54, 1.807) is 17.0 Å². The molecule has 0 unspecified atom stereocenters. The summed E-state index contributed by atoms with van der Waals surface area (Å²) in [6.45, 7) is 6.78. The Morgan fingerprint density at radius 2 is 1.79 bits per heavy atom. The van der Waals surface area contributed by atoms with Gasteiger partial charge in [0, 0.05) is 30.7 Å². The van der Waals surface area contributed by atoms with E-state index in [0.29, 0.717) is 31.5 Å². The van der Waals surface area contributed by atoms with E-state index in [1.807, 2.05) is 32.9 Å². The summed E-state index contributed by atoms with van der Waals surface area (Å²) < 4.78 is 13.9. The number of rotatable bonds is 4. The lowest BCUT2D eigenvalue weighted by molar-refractivity contribution is 0.0705. The molecule has 1 aromatic carbocycles. The van der Waals surface area contributed by atoms with Crippen LogP contribution >= 0.6 is 0 Å². The molecular weight excluding hydrogens is 357 g/mol. The lowest BCUT2D eigenvalue weighted by Crippen LogP contribution is -2.39. The van der Waals surface area contributed by atoms with Crippen molar-refractivity contribution in [2.75, 3.05) is 13.1 Å². The van der Waals surface area contributed by atoms with E-state index in [-0.39, 0.29) is 29.3 Å². The zero-order chi connectivity index (χ0) is 20.3. The lowest BCUT2D eigenvalue weighted by atomic mass is 9.89. The van der Waals surface area contributed by atoms with Crippen LogP contribution in [-0.4, -0.2) is 40.8 Å². The van der Waals surface area contributed by atoms with Gasteiger partial charge in [-0.2, -0.15) is 0 Å². The second kappa shape index (κ2) is 8.50. The summed E-state index contributed by atoms with van der Waals surface area (Å²) in [7, 11) is 0. The Morgan fingerprint density at radius 1 is 1.11 bits per heavy atom. The van der Waals surface area contributed by atoms with Crippen LogP contribution in [0.3, 0.4) is 0 Å². The maximum Gasteiger partial charge on any atom is 0.256 e. The molecule has 6 heteroatoms. The Balaban J connectivity index is 1.75. The van der Waals surface area contributed by atoms with Crippen molar-refractivity contribution in [3.63, 3.8) is 0 Å². The molecule has 148 valence electrons. The Kier molecular flexibility index (Phi) is 6.07. The number of aryl methyl sites for hydroxylation is 1. The highest BCUT2D eigenvalue weighted by Gasteiger charge is 2.29. The van der Waals surface area contributed by atoms with Gasteiger partial charge in [0.1, 0.15) is 5.82 Å². The number of aromatic nitrogens is 1. The van der Waals surface area contributed by atoms with Crippen molar-refractivity contribution in [2.45, 2.75) is 45.6 Å². The van der Waals surface area contributed by atoms with Crippen LogP contribution in [0.25, 0.3) is 0 Å². The van der Waals surface area contributed by atoms with Crippen molar-refractivity contribution in [1.82, 2.24) is 15.2 Å². The average molecular weight is 383 g/mol. The molecule has 3 rings (SSSR count). The highest BCUT2D eigenvalue weighted by atomic mass is 19.1. The average Bonchev–Trinajstić information content (AvgIpc) is 2.67. The summed E-state index contributed by atoms with van der Waals surface area (Å²) in [6, 6.07) is 9.77.